The molecule has 102 valence electrons. The Labute approximate surface area is 119 Å². The molecule has 0 radical (unpaired) electrons. The number of thiazole rings is 1. The SMILES string of the molecule is CCNCC(Cc1ccc(C)cc1)Cc1cncs1. The Balaban J connectivity index is 1.98. The molecule has 0 amide bonds. The normalized spacial score (nSPS) is 12.5. The van der Waals surface area contributed by atoms with Crippen molar-refractivity contribution in [2.45, 2.75) is 26.7 Å². The predicted molar refractivity (Wildman–Crippen MR) is 82.7 cm³/mol. The molecule has 0 aliphatic carbocycles. The van der Waals surface area contributed by atoms with Crippen LogP contribution < -0.4 is 5.32 Å². The lowest BCUT2D eigenvalue weighted by Crippen LogP contribution is -2.25. The molecule has 1 unspecified atom stereocenters. The van der Waals surface area contributed by atoms with Crippen molar-refractivity contribution in [2.75, 3.05) is 13.1 Å². The van der Waals surface area contributed by atoms with Crippen LogP contribution in [0.15, 0.2) is 36.0 Å². The molecule has 1 N–H and O–H groups in total. The molecule has 0 saturated heterocycles. The molecule has 0 spiro atoms. The van der Waals surface area contributed by atoms with Crippen LogP contribution in [0, 0.1) is 12.8 Å². The first-order valence-corrected chi connectivity index (χ1v) is 7.79. The van der Waals surface area contributed by atoms with Gasteiger partial charge in [0.05, 0.1) is 5.51 Å². The van der Waals surface area contributed by atoms with Crippen LogP contribution in [0.25, 0.3) is 0 Å². The van der Waals surface area contributed by atoms with E-state index in [-0.39, 0.29) is 0 Å². The molecule has 2 aromatic rings. The van der Waals surface area contributed by atoms with Gasteiger partial charge in [0.2, 0.25) is 0 Å². The van der Waals surface area contributed by atoms with Crippen molar-refractivity contribution in [3.8, 4) is 0 Å². The molecule has 1 heterocycles. The lowest BCUT2D eigenvalue weighted by molar-refractivity contribution is 0.481. The minimum absolute atomic E-state index is 0.642. The van der Waals surface area contributed by atoms with Crippen LogP contribution in [0.1, 0.15) is 22.9 Å². The fraction of sp³-hybridized carbons (Fsp3) is 0.438. The number of hydrogen-bond acceptors (Lipinski definition) is 3. The van der Waals surface area contributed by atoms with Gasteiger partial charge in [0.15, 0.2) is 0 Å². The zero-order valence-corrected chi connectivity index (χ0v) is 12.5. The van der Waals surface area contributed by atoms with E-state index in [0.29, 0.717) is 5.92 Å². The summed E-state index contributed by atoms with van der Waals surface area (Å²) in [5.41, 5.74) is 4.68. The van der Waals surface area contributed by atoms with Gasteiger partial charge in [-0.1, -0.05) is 36.8 Å². The number of nitrogens with one attached hydrogen (secondary N) is 1. The molecule has 0 bridgehead atoms. The summed E-state index contributed by atoms with van der Waals surface area (Å²) < 4.78 is 0. The van der Waals surface area contributed by atoms with Gasteiger partial charge in [-0.05, 0) is 44.3 Å². The number of aromatic nitrogens is 1. The third-order valence-corrected chi connectivity index (χ3v) is 4.10. The largest absolute Gasteiger partial charge is 0.317 e. The number of hydrogen-bond donors (Lipinski definition) is 1. The summed E-state index contributed by atoms with van der Waals surface area (Å²) in [5.74, 6) is 0.642. The van der Waals surface area contributed by atoms with Gasteiger partial charge < -0.3 is 5.32 Å². The molecule has 2 rings (SSSR count). The maximum atomic E-state index is 4.17. The van der Waals surface area contributed by atoms with Crippen molar-refractivity contribution < 1.29 is 0 Å². The number of benzene rings is 1. The van der Waals surface area contributed by atoms with Crippen molar-refractivity contribution in [2.24, 2.45) is 5.92 Å². The molecule has 0 saturated carbocycles. The van der Waals surface area contributed by atoms with Crippen LogP contribution in [0.4, 0.5) is 0 Å². The molecule has 0 fully saturated rings. The summed E-state index contributed by atoms with van der Waals surface area (Å²) >= 11 is 1.76. The van der Waals surface area contributed by atoms with E-state index in [4.69, 9.17) is 0 Å². The van der Waals surface area contributed by atoms with Crippen LogP contribution in [0.5, 0.6) is 0 Å². The molecule has 2 nitrogen and oxygen atoms in total. The number of nitrogens with zero attached hydrogens (tertiary/aromatic N) is 1. The molecule has 0 aliphatic heterocycles. The van der Waals surface area contributed by atoms with Gasteiger partial charge in [-0.3, -0.25) is 4.98 Å². The highest BCUT2D eigenvalue weighted by Crippen LogP contribution is 2.17. The molecule has 1 atom stereocenters. The second-order valence-electron chi connectivity index (χ2n) is 5.04. The molecule has 19 heavy (non-hydrogen) atoms. The Kier molecular flexibility index (Phi) is 5.55. The first-order valence-electron chi connectivity index (χ1n) is 6.91. The van der Waals surface area contributed by atoms with Crippen molar-refractivity contribution in [1.82, 2.24) is 10.3 Å². The molecular weight excluding hydrogens is 252 g/mol. The Hall–Kier alpha value is -1.19. The fourth-order valence-electron chi connectivity index (χ4n) is 2.25. The third-order valence-electron chi connectivity index (χ3n) is 3.30. The fourth-order valence-corrected chi connectivity index (χ4v) is 2.96. The number of rotatable bonds is 7. The zero-order valence-electron chi connectivity index (χ0n) is 11.7. The van der Waals surface area contributed by atoms with Crippen LogP contribution in [0.3, 0.4) is 0 Å². The van der Waals surface area contributed by atoms with E-state index >= 15 is 0 Å². The van der Waals surface area contributed by atoms with E-state index in [0.717, 1.165) is 25.9 Å². The maximum Gasteiger partial charge on any atom is 0.0794 e. The van der Waals surface area contributed by atoms with Gasteiger partial charge in [0.1, 0.15) is 0 Å². The third kappa shape index (κ3) is 4.77. The average molecular weight is 274 g/mol. The van der Waals surface area contributed by atoms with Crippen molar-refractivity contribution in [3.05, 3.63) is 52.0 Å². The van der Waals surface area contributed by atoms with Gasteiger partial charge in [-0.25, -0.2) is 0 Å². The summed E-state index contributed by atoms with van der Waals surface area (Å²) in [5, 5.41) is 3.48. The zero-order chi connectivity index (χ0) is 13.5. The number of aryl methyl sites for hydroxylation is 1. The minimum atomic E-state index is 0.642. The van der Waals surface area contributed by atoms with E-state index in [2.05, 4.69) is 48.4 Å². The van der Waals surface area contributed by atoms with Gasteiger partial charge in [0, 0.05) is 11.1 Å². The van der Waals surface area contributed by atoms with Gasteiger partial charge in [-0.2, -0.15) is 0 Å². The standard InChI is InChI=1S/C16H22N2S/c1-3-17-10-15(9-16-11-18-12-19-16)8-14-6-4-13(2)5-7-14/h4-7,11-12,15,17H,3,8-10H2,1-2H3. The molecule has 1 aromatic heterocycles. The Morgan fingerprint density at radius 1 is 1.21 bits per heavy atom. The average Bonchev–Trinajstić information content (AvgIpc) is 2.91. The van der Waals surface area contributed by atoms with Crippen LogP contribution in [-0.4, -0.2) is 18.1 Å². The second kappa shape index (κ2) is 7.41. The minimum Gasteiger partial charge on any atom is -0.317 e. The Bertz CT molecular complexity index is 462. The van der Waals surface area contributed by atoms with Crippen molar-refractivity contribution in [3.63, 3.8) is 0 Å². The quantitative estimate of drug-likeness (QED) is 0.836. The topological polar surface area (TPSA) is 24.9 Å². The lowest BCUT2D eigenvalue weighted by atomic mass is 9.95. The smallest absolute Gasteiger partial charge is 0.0794 e. The summed E-state index contributed by atoms with van der Waals surface area (Å²) in [6, 6.07) is 8.90. The molecule has 0 aliphatic rings. The summed E-state index contributed by atoms with van der Waals surface area (Å²) in [4.78, 5) is 5.56. The predicted octanol–water partition coefficient (Wildman–Crippen LogP) is 3.46. The van der Waals surface area contributed by atoms with E-state index < -0.39 is 0 Å². The summed E-state index contributed by atoms with van der Waals surface area (Å²) in [6.07, 6.45) is 4.25. The Morgan fingerprint density at radius 3 is 2.63 bits per heavy atom. The van der Waals surface area contributed by atoms with Gasteiger partial charge >= 0.3 is 0 Å². The monoisotopic (exact) mass is 274 g/mol. The lowest BCUT2D eigenvalue weighted by Gasteiger charge is -2.16. The second-order valence-corrected chi connectivity index (χ2v) is 6.01. The summed E-state index contributed by atoms with van der Waals surface area (Å²) in [7, 11) is 0. The highest BCUT2D eigenvalue weighted by atomic mass is 32.1. The van der Waals surface area contributed by atoms with Crippen molar-refractivity contribution in [1.29, 1.82) is 0 Å². The van der Waals surface area contributed by atoms with E-state index in [1.54, 1.807) is 11.3 Å². The van der Waals surface area contributed by atoms with E-state index in [9.17, 15) is 0 Å². The van der Waals surface area contributed by atoms with Crippen LogP contribution in [0.2, 0.25) is 0 Å². The molecular formula is C16H22N2S. The van der Waals surface area contributed by atoms with Gasteiger partial charge in [-0.15, -0.1) is 11.3 Å². The maximum absolute atomic E-state index is 4.17. The first kappa shape index (κ1) is 14.2. The first-order chi connectivity index (χ1) is 9.28. The highest BCUT2D eigenvalue weighted by Gasteiger charge is 2.11. The van der Waals surface area contributed by atoms with Crippen molar-refractivity contribution >= 4 is 11.3 Å². The highest BCUT2D eigenvalue weighted by molar-refractivity contribution is 7.09. The van der Waals surface area contributed by atoms with E-state index in [1.165, 1.54) is 16.0 Å². The molecule has 1 aromatic carbocycles. The van der Waals surface area contributed by atoms with Gasteiger partial charge in [0.25, 0.3) is 0 Å². The Morgan fingerprint density at radius 2 is 2.00 bits per heavy atom. The van der Waals surface area contributed by atoms with E-state index in [1.807, 2.05) is 11.7 Å². The molecule has 3 heteroatoms. The van der Waals surface area contributed by atoms with Crippen LogP contribution in [-0.2, 0) is 12.8 Å². The summed E-state index contributed by atoms with van der Waals surface area (Å²) in [6.45, 7) is 6.40. The van der Waals surface area contributed by atoms with Crippen LogP contribution >= 0.6 is 11.3 Å².